The van der Waals surface area contributed by atoms with Crippen LogP contribution in [0.3, 0.4) is 0 Å². The minimum atomic E-state index is -3.80. The van der Waals surface area contributed by atoms with Crippen LogP contribution in [0.15, 0.2) is 82.3 Å². The Kier molecular flexibility index (Phi) is 6.13. The first-order valence-corrected chi connectivity index (χ1v) is 9.97. The summed E-state index contributed by atoms with van der Waals surface area (Å²) < 4.78 is 37.1. The smallest absolute Gasteiger partial charge is 0.243 e. The fourth-order valence-electron chi connectivity index (χ4n) is 2.43. The van der Waals surface area contributed by atoms with E-state index >= 15 is 0 Å². The van der Waals surface area contributed by atoms with Crippen LogP contribution < -0.4 is 10.1 Å². The number of sulfonamides is 1. The Morgan fingerprint density at radius 2 is 1.68 bits per heavy atom. The molecule has 0 fully saturated rings. The molecule has 0 saturated heterocycles. The second-order valence-electron chi connectivity index (χ2n) is 6.00. The van der Waals surface area contributed by atoms with Gasteiger partial charge in [-0.05, 0) is 48.5 Å². The largest absolute Gasteiger partial charge is 0.467 e. The zero-order valence-corrected chi connectivity index (χ0v) is 16.1. The summed E-state index contributed by atoms with van der Waals surface area (Å²) >= 11 is 0. The first-order chi connectivity index (χ1) is 13.4. The summed E-state index contributed by atoms with van der Waals surface area (Å²) in [5, 5.41) is 2.62. The molecule has 2 aromatic carbocycles. The van der Waals surface area contributed by atoms with Crippen LogP contribution in [0.5, 0.6) is 11.5 Å². The Bertz CT molecular complexity index is 1000. The predicted molar refractivity (Wildman–Crippen MR) is 103 cm³/mol. The Balaban J connectivity index is 1.60. The van der Waals surface area contributed by atoms with E-state index in [2.05, 4.69) is 5.32 Å². The van der Waals surface area contributed by atoms with E-state index in [4.69, 9.17) is 9.15 Å². The van der Waals surface area contributed by atoms with E-state index in [1.54, 1.807) is 36.4 Å². The van der Waals surface area contributed by atoms with Gasteiger partial charge in [-0.15, -0.1) is 0 Å². The van der Waals surface area contributed by atoms with Crippen molar-refractivity contribution in [1.29, 1.82) is 0 Å². The summed E-state index contributed by atoms with van der Waals surface area (Å²) in [4.78, 5) is 12.1. The number of nitrogens with one attached hydrogen (secondary N) is 1. The maximum absolute atomic E-state index is 12.7. The van der Waals surface area contributed by atoms with Gasteiger partial charge in [-0.2, -0.15) is 4.31 Å². The third-order valence-corrected chi connectivity index (χ3v) is 5.73. The fourth-order valence-corrected chi connectivity index (χ4v) is 3.55. The molecule has 0 aliphatic heterocycles. The lowest BCUT2D eigenvalue weighted by molar-refractivity contribution is -0.121. The second kappa shape index (κ2) is 8.73. The van der Waals surface area contributed by atoms with Gasteiger partial charge >= 0.3 is 0 Å². The molecule has 8 heteroatoms. The highest BCUT2D eigenvalue weighted by molar-refractivity contribution is 7.89. The Hall–Kier alpha value is -3.10. The molecule has 0 atom stereocenters. The number of rotatable bonds is 8. The summed E-state index contributed by atoms with van der Waals surface area (Å²) in [5.41, 5.74) is 0. The monoisotopic (exact) mass is 400 g/mol. The van der Waals surface area contributed by atoms with E-state index in [9.17, 15) is 13.2 Å². The zero-order valence-electron chi connectivity index (χ0n) is 15.2. The molecule has 0 radical (unpaired) electrons. The van der Waals surface area contributed by atoms with E-state index in [0.717, 1.165) is 4.31 Å². The van der Waals surface area contributed by atoms with Crippen molar-refractivity contribution in [3.63, 3.8) is 0 Å². The molecule has 28 heavy (non-hydrogen) atoms. The van der Waals surface area contributed by atoms with Crippen LogP contribution in [0.25, 0.3) is 0 Å². The van der Waals surface area contributed by atoms with Gasteiger partial charge in [0.25, 0.3) is 0 Å². The number of benzene rings is 2. The predicted octanol–water partition coefficient (Wildman–Crippen LogP) is 3.01. The molecule has 0 spiro atoms. The molecule has 3 aromatic rings. The first kappa shape index (κ1) is 19.7. The summed E-state index contributed by atoms with van der Waals surface area (Å²) in [6.07, 6.45) is 1.50. The lowest BCUT2D eigenvalue weighted by Gasteiger charge is -2.17. The van der Waals surface area contributed by atoms with E-state index in [1.807, 2.05) is 18.2 Å². The van der Waals surface area contributed by atoms with Crippen LogP contribution in [0.4, 0.5) is 0 Å². The number of carbonyl (C=O) groups excluding carboxylic acids is 1. The normalized spacial score (nSPS) is 11.4. The van der Waals surface area contributed by atoms with Crippen molar-refractivity contribution in [2.75, 3.05) is 13.6 Å². The molecule has 0 aliphatic rings. The summed E-state index contributed by atoms with van der Waals surface area (Å²) in [6, 6.07) is 18.7. The molecule has 0 bridgehead atoms. The van der Waals surface area contributed by atoms with E-state index in [-0.39, 0.29) is 18.0 Å². The Morgan fingerprint density at radius 1 is 1.00 bits per heavy atom. The molecule has 1 heterocycles. The highest BCUT2D eigenvalue weighted by Gasteiger charge is 2.23. The quantitative estimate of drug-likeness (QED) is 0.628. The third-order valence-electron chi connectivity index (χ3n) is 3.92. The molecule has 0 saturated carbocycles. The summed E-state index contributed by atoms with van der Waals surface area (Å²) in [6.45, 7) is -0.101. The van der Waals surface area contributed by atoms with Gasteiger partial charge in [-0.1, -0.05) is 18.2 Å². The van der Waals surface area contributed by atoms with E-state index in [0.29, 0.717) is 17.3 Å². The molecule has 1 N–H and O–H groups in total. The maximum atomic E-state index is 12.7. The molecular weight excluding hydrogens is 380 g/mol. The zero-order chi connectivity index (χ0) is 20.0. The standard InChI is InChI=1S/C20H20N2O5S/c1-22(15-20(23)21-14-18-8-5-13-26-18)28(24,25)19-11-9-17(10-12-19)27-16-6-3-2-4-7-16/h2-13H,14-15H2,1H3,(H,21,23). The van der Waals surface area contributed by atoms with Crippen molar-refractivity contribution in [1.82, 2.24) is 9.62 Å². The van der Waals surface area contributed by atoms with Crippen molar-refractivity contribution < 1.29 is 22.4 Å². The van der Waals surface area contributed by atoms with E-state index < -0.39 is 15.9 Å². The van der Waals surface area contributed by atoms with Gasteiger partial charge in [0.1, 0.15) is 17.3 Å². The maximum Gasteiger partial charge on any atom is 0.243 e. The van der Waals surface area contributed by atoms with Crippen LogP contribution >= 0.6 is 0 Å². The first-order valence-electron chi connectivity index (χ1n) is 8.53. The van der Waals surface area contributed by atoms with Crippen LogP contribution in [0.2, 0.25) is 0 Å². The molecule has 0 unspecified atom stereocenters. The minimum absolute atomic E-state index is 0.0780. The van der Waals surface area contributed by atoms with Gasteiger partial charge in [0.05, 0.1) is 24.2 Å². The van der Waals surface area contributed by atoms with Crippen LogP contribution in [-0.2, 0) is 21.4 Å². The highest BCUT2D eigenvalue weighted by Crippen LogP contribution is 2.23. The lowest BCUT2D eigenvalue weighted by atomic mass is 10.3. The topological polar surface area (TPSA) is 88.9 Å². The second-order valence-corrected chi connectivity index (χ2v) is 8.05. The number of furan rings is 1. The Morgan fingerprint density at radius 3 is 2.32 bits per heavy atom. The van der Waals surface area contributed by atoms with Crippen molar-refractivity contribution in [2.24, 2.45) is 0 Å². The number of hydrogen-bond donors (Lipinski definition) is 1. The van der Waals surface area contributed by atoms with Crippen molar-refractivity contribution in [3.05, 3.63) is 78.8 Å². The van der Waals surface area contributed by atoms with E-state index in [1.165, 1.54) is 25.4 Å². The molecule has 3 rings (SSSR count). The third kappa shape index (κ3) is 4.99. The lowest BCUT2D eigenvalue weighted by Crippen LogP contribution is -2.38. The van der Waals surface area contributed by atoms with Crippen LogP contribution in [-0.4, -0.2) is 32.2 Å². The average Bonchev–Trinajstić information content (AvgIpc) is 3.21. The van der Waals surface area contributed by atoms with Gasteiger partial charge < -0.3 is 14.5 Å². The van der Waals surface area contributed by atoms with Crippen LogP contribution in [0.1, 0.15) is 5.76 Å². The summed E-state index contributed by atoms with van der Waals surface area (Å²) in [7, 11) is -2.44. The van der Waals surface area contributed by atoms with Gasteiger partial charge in [0, 0.05) is 7.05 Å². The van der Waals surface area contributed by atoms with Crippen LogP contribution in [0, 0.1) is 0 Å². The molecule has 0 aliphatic carbocycles. The molecule has 1 amide bonds. The number of para-hydroxylation sites is 1. The number of likely N-dealkylation sites (N-methyl/N-ethyl adjacent to an activating group) is 1. The van der Waals surface area contributed by atoms with Crippen molar-refractivity contribution >= 4 is 15.9 Å². The van der Waals surface area contributed by atoms with Gasteiger partial charge in [-0.3, -0.25) is 4.79 Å². The van der Waals surface area contributed by atoms with Gasteiger partial charge in [-0.25, -0.2) is 8.42 Å². The molecular formula is C20H20N2O5S. The number of hydrogen-bond acceptors (Lipinski definition) is 5. The van der Waals surface area contributed by atoms with Gasteiger partial charge in [0.15, 0.2) is 0 Å². The SMILES string of the molecule is CN(CC(=O)NCc1ccco1)S(=O)(=O)c1ccc(Oc2ccccc2)cc1. The molecule has 1 aromatic heterocycles. The number of ether oxygens (including phenoxy) is 1. The van der Waals surface area contributed by atoms with Crippen molar-refractivity contribution in [2.45, 2.75) is 11.4 Å². The average molecular weight is 400 g/mol. The van der Waals surface area contributed by atoms with Crippen molar-refractivity contribution in [3.8, 4) is 11.5 Å². The number of amides is 1. The summed E-state index contributed by atoms with van der Waals surface area (Å²) in [5.74, 6) is 1.34. The van der Waals surface area contributed by atoms with Gasteiger partial charge in [0.2, 0.25) is 15.9 Å². The minimum Gasteiger partial charge on any atom is -0.467 e. The number of nitrogens with zero attached hydrogens (tertiary/aromatic N) is 1. The molecule has 7 nitrogen and oxygen atoms in total. The Labute approximate surface area is 163 Å². The number of carbonyl (C=O) groups is 1. The fraction of sp³-hybridized carbons (Fsp3) is 0.150. The highest BCUT2D eigenvalue weighted by atomic mass is 32.2. The molecule has 146 valence electrons.